The Morgan fingerprint density at radius 2 is 2.71 bits per heavy atom. The van der Waals surface area contributed by atoms with Crippen LogP contribution in [-0.4, -0.2) is 12.1 Å². The highest BCUT2D eigenvalue weighted by Crippen LogP contribution is 1.98. The number of nitrogens with one attached hydrogen (secondary N) is 1. The van der Waals surface area contributed by atoms with E-state index in [0.29, 0.717) is 0 Å². The lowest BCUT2D eigenvalue weighted by Gasteiger charge is -1.88. The molecular formula is C4H6N2S. The molecule has 0 saturated carbocycles. The third kappa shape index (κ3) is 1.64. The van der Waals surface area contributed by atoms with E-state index in [1.54, 1.807) is 18.0 Å². The maximum atomic E-state index is 3.79. The number of hydrogen-bond donors (Lipinski definition) is 1. The zero-order chi connectivity index (χ0) is 4.95. The summed E-state index contributed by atoms with van der Waals surface area (Å²) in [7, 11) is 0. The quantitative estimate of drug-likeness (QED) is 0.503. The molecule has 0 atom stereocenters. The Hall–Kier alpha value is -0.440. The van der Waals surface area contributed by atoms with Gasteiger partial charge < -0.3 is 0 Å². The molecule has 0 amide bonds. The van der Waals surface area contributed by atoms with E-state index >= 15 is 0 Å². The molecule has 1 aliphatic heterocycles. The molecule has 1 rings (SSSR count). The summed E-state index contributed by atoms with van der Waals surface area (Å²) in [6.45, 7) is 0. The van der Waals surface area contributed by atoms with Gasteiger partial charge in [-0.05, 0) is 11.5 Å². The second-order valence-corrected chi connectivity index (χ2v) is 1.97. The molecule has 1 N–H and O–H groups in total. The van der Waals surface area contributed by atoms with Gasteiger partial charge in [0.15, 0.2) is 0 Å². The number of allylic oxidation sites excluding steroid dienone is 1. The Morgan fingerprint density at radius 1 is 1.71 bits per heavy atom. The highest BCUT2D eigenvalue weighted by Gasteiger charge is 1.79. The van der Waals surface area contributed by atoms with Crippen LogP contribution in [0.25, 0.3) is 0 Å². The van der Waals surface area contributed by atoms with Gasteiger partial charge in [-0.3, -0.25) is 5.43 Å². The van der Waals surface area contributed by atoms with Crippen LogP contribution in [0.4, 0.5) is 0 Å². The zero-order valence-corrected chi connectivity index (χ0v) is 4.61. The van der Waals surface area contributed by atoms with E-state index in [1.165, 1.54) is 0 Å². The molecule has 1 heterocycles. The fraction of sp³-hybridized carbons (Fsp3) is 0.250. The van der Waals surface area contributed by atoms with Crippen molar-refractivity contribution in [1.82, 2.24) is 5.43 Å². The number of hydrazone groups is 1. The van der Waals surface area contributed by atoms with Gasteiger partial charge in [0.2, 0.25) is 0 Å². The molecular weight excluding hydrogens is 108 g/mol. The zero-order valence-electron chi connectivity index (χ0n) is 3.79. The van der Waals surface area contributed by atoms with Gasteiger partial charge in [0.25, 0.3) is 0 Å². The molecule has 7 heavy (non-hydrogen) atoms. The first-order chi connectivity index (χ1) is 3.50. The topological polar surface area (TPSA) is 24.4 Å². The molecule has 3 heteroatoms. The molecule has 0 spiro atoms. The van der Waals surface area contributed by atoms with Crippen molar-refractivity contribution in [2.24, 2.45) is 5.10 Å². The third-order valence-corrected chi connectivity index (χ3v) is 1.22. The predicted octanol–water partition coefficient (Wildman–Crippen LogP) is 0.780. The van der Waals surface area contributed by atoms with Crippen LogP contribution >= 0.6 is 11.8 Å². The molecule has 0 saturated heterocycles. The lowest BCUT2D eigenvalue weighted by molar-refractivity contribution is 0.883. The van der Waals surface area contributed by atoms with Crippen molar-refractivity contribution >= 4 is 18.0 Å². The highest BCUT2D eigenvalue weighted by molar-refractivity contribution is 8.02. The largest absolute Gasteiger partial charge is 0.300 e. The number of nitrogens with zero attached hydrogens (tertiary/aromatic N) is 1. The second-order valence-electron chi connectivity index (χ2n) is 1.08. The minimum atomic E-state index is 0.882. The molecule has 0 aromatic carbocycles. The SMILES string of the molecule is C1=CSCNN=C1. The van der Waals surface area contributed by atoms with Crippen LogP contribution in [0.15, 0.2) is 16.6 Å². The molecule has 0 aromatic heterocycles. The van der Waals surface area contributed by atoms with Crippen LogP contribution in [0.3, 0.4) is 0 Å². The fourth-order valence-corrected chi connectivity index (χ4v) is 0.736. The summed E-state index contributed by atoms with van der Waals surface area (Å²) in [5.74, 6) is 0.882. The summed E-state index contributed by atoms with van der Waals surface area (Å²) in [6.07, 6.45) is 3.64. The van der Waals surface area contributed by atoms with E-state index in [4.69, 9.17) is 0 Å². The van der Waals surface area contributed by atoms with E-state index in [2.05, 4.69) is 10.5 Å². The van der Waals surface area contributed by atoms with Gasteiger partial charge in [0.1, 0.15) is 0 Å². The van der Waals surface area contributed by atoms with Crippen LogP contribution < -0.4 is 5.43 Å². The predicted molar refractivity (Wildman–Crippen MR) is 33.2 cm³/mol. The summed E-state index contributed by atoms with van der Waals surface area (Å²) in [5.41, 5.74) is 2.82. The van der Waals surface area contributed by atoms with Crippen molar-refractivity contribution < 1.29 is 0 Å². The standard InChI is InChI=1S/C4H6N2S/c1-2-5-6-4-7-3-1/h1-3,6H,4H2. The van der Waals surface area contributed by atoms with Crippen LogP contribution in [-0.2, 0) is 0 Å². The van der Waals surface area contributed by atoms with Crippen LogP contribution in [0.2, 0.25) is 0 Å². The van der Waals surface area contributed by atoms with Gasteiger partial charge in [-0.25, -0.2) is 0 Å². The van der Waals surface area contributed by atoms with E-state index in [-0.39, 0.29) is 0 Å². The summed E-state index contributed by atoms with van der Waals surface area (Å²) in [4.78, 5) is 0. The minimum absolute atomic E-state index is 0.882. The van der Waals surface area contributed by atoms with E-state index in [9.17, 15) is 0 Å². The minimum Gasteiger partial charge on any atom is -0.300 e. The maximum Gasteiger partial charge on any atom is 0.0824 e. The number of rotatable bonds is 0. The van der Waals surface area contributed by atoms with Crippen molar-refractivity contribution in [1.29, 1.82) is 0 Å². The van der Waals surface area contributed by atoms with Crippen molar-refractivity contribution in [3.63, 3.8) is 0 Å². The average molecular weight is 114 g/mol. The van der Waals surface area contributed by atoms with Gasteiger partial charge in [-0.1, -0.05) is 0 Å². The Kier molecular flexibility index (Phi) is 1.81. The summed E-state index contributed by atoms with van der Waals surface area (Å²) in [6, 6.07) is 0. The monoisotopic (exact) mass is 114 g/mol. The molecule has 0 aromatic rings. The molecule has 38 valence electrons. The molecule has 2 nitrogen and oxygen atoms in total. The lowest BCUT2D eigenvalue weighted by Crippen LogP contribution is -2.00. The Morgan fingerprint density at radius 3 is 3.71 bits per heavy atom. The summed E-state index contributed by atoms with van der Waals surface area (Å²) < 4.78 is 0. The highest BCUT2D eigenvalue weighted by atomic mass is 32.2. The summed E-state index contributed by atoms with van der Waals surface area (Å²) in [5, 5.41) is 5.79. The molecule has 1 aliphatic rings. The van der Waals surface area contributed by atoms with Gasteiger partial charge in [-0.2, -0.15) is 5.10 Å². The van der Waals surface area contributed by atoms with Crippen molar-refractivity contribution in [2.75, 3.05) is 5.88 Å². The Bertz CT molecular complexity index is 85.9. The molecule has 0 aliphatic carbocycles. The molecule has 0 unspecified atom stereocenters. The van der Waals surface area contributed by atoms with Crippen molar-refractivity contribution in [3.8, 4) is 0 Å². The van der Waals surface area contributed by atoms with Crippen LogP contribution in [0, 0.1) is 0 Å². The van der Waals surface area contributed by atoms with Gasteiger partial charge in [0.05, 0.1) is 5.88 Å². The first kappa shape index (κ1) is 4.71. The summed E-state index contributed by atoms with van der Waals surface area (Å²) >= 11 is 1.70. The van der Waals surface area contributed by atoms with Gasteiger partial charge in [0, 0.05) is 6.21 Å². The van der Waals surface area contributed by atoms with E-state index in [0.717, 1.165) is 5.88 Å². The molecule has 0 bridgehead atoms. The first-order valence-corrected chi connectivity index (χ1v) is 3.08. The first-order valence-electron chi connectivity index (χ1n) is 2.03. The van der Waals surface area contributed by atoms with Gasteiger partial charge >= 0.3 is 0 Å². The van der Waals surface area contributed by atoms with Crippen molar-refractivity contribution in [2.45, 2.75) is 0 Å². The van der Waals surface area contributed by atoms with Crippen LogP contribution in [0.1, 0.15) is 0 Å². The maximum absolute atomic E-state index is 3.79. The molecule has 0 radical (unpaired) electrons. The number of thioether (sulfide) groups is 1. The van der Waals surface area contributed by atoms with E-state index < -0.39 is 0 Å². The normalized spacial score (nSPS) is 18.3. The molecule has 0 fully saturated rings. The number of hydrogen-bond acceptors (Lipinski definition) is 3. The fourth-order valence-electron chi connectivity index (χ4n) is 0.309. The van der Waals surface area contributed by atoms with Crippen molar-refractivity contribution in [3.05, 3.63) is 11.5 Å². The smallest absolute Gasteiger partial charge is 0.0824 e. The van der Waals surface area contributed by atoms with Gasteiger partial charge in [-0.15, -0.1) is 11.8 Å². The Balaban J connectivity index is 2.39. The lowest BCUT2D eigenvalue weighted by atomic mass is 10.7. The third-order valence-electron chi connectivity index (χ3n) is 0.575. The van der Waals surface area contributed by atoms with Crippen LogP contribution in [0.5, 0.6) is 0 Å². The second kappa shape index (κ2) is 2.69. The Labute approximate surface area is 46.7 Å². The van der Waals surface area contributed by atoms with E-state index in [1.807, 2.05) is 11.5 Å². The average Bonchev–Trinajstić information content (AvgIpc) is 1.90.